The van der Waals surface area contributed by atoms with E-state index in [1.165, 1.54) is 12.1 Å². The zero-order valence-corrected chi connectivity index (χ0v) is 10.1. The molecule has 14 heavy (non-hydrogen) atoms. The second-order valence-electron chi connectivity index (χ2n) is 3.47. The fourth-order valence-electron chi connectivity index (χ4n) is 1.40. The van der Waals surface area contributed by atoms with Crippen molar-refractivity contribution in [3.05, 3.63) is 34.1 Å². The Kier molecular flexibility index (Phi) is 4.55. The highest BCUT2D eigenvalue weighted by Crippen LogP contribution is 2.19. The lowest BCUT2D eigenvalue weighted by Gasteiger charge is -2.16. The average molecular weight is 260 g/mol. The van der Waals surface area contributed by atoms with Gasteiger partial charge in [0.1, 0.15) is 5.82 Å². The molecule has 0 atom stereocenters. The maximum atomic E-state index is 12.8. The van der Waals surface area contributed by atoms with Gasteiger partial charge in [-0.1, -0.05) is 28.9 Å². The van der Waals surface area contributed by atoms with E-state index in [9.17, 15) is 4.39 Å². The number of hydrogen-bond acceptors (Lipinski definition) is 1. The lowest BCUT2D eigenvalue weighted by molar-refractivity contribution is 0.327. The Morgan fingerprint density at radius 1 is 1.43 bits per heavy atom. The van der Waals surface area contributed by atoms with Crippen LogP contribution in [0, 0.1) is 5.82 Å². The maximum absolute atomic E-state index is 12.8. The molecule has 3 heteroatoms. The summed E-state index contributed by atoms with van der Waals surface area (Å²) < 4.78 is 13.6. The van der Waals surface area contributed by atoms with Gasteiger partial charge in [0.15, 0.2) is 0 Å². The van der Waals surface area contributed by atoms with Crippen molar-refractivity contribution in [1.82, 2.24) is 4.90 Å². The lowest BCUT2D eigenvalue weighted by atomic mass is 10.2. The third-order valence-electron chi connectivity index (χ3n) is 2.06. The molecule has 0 radical (unpaired) electrons. The highest BCUT2D eigenvalue weighted by atomic mass is 79.9. The summed E-state index contributed by atoms with van der Waals surface area (Å²) in [6.07, 6.45) is 1.13. The van der Waals surface area contributed by atoms with Crippen LogP contribution in [0.4, 0.5) is 4.39 Å². The summed E-state index contributed by atoms with van der Waals surface area (Å²) in [6, 6.07) is 4.83. The predicted octanol–water partition coefficient (Wildman–Crippen LogP) is 3.43. The van der Waals surface area contributed by atoms with Crippen molar-refractivity contribution in [2.24, 2.45) is 0 Å². The van der Waals surface area contributed by atoms with Crippen LogP contribution < -0.4 is 0 Å². The minimum Gasteiger partial charge on any atom is -0.302 e. The minimum absolute atomic E-state index is 0.196. The number of nitrogens with zero attached hydrogens (tertiary/aromatic N) is 1. The van der Waals surface area contributed by atoms with E-state index in [1.807, 2.05) is 6.07 Å². The smallest absolute Gasteiger partial charge is 0.124 e. The largest absolute Gasteiger partial charge is 0.302 e. The standard InChI is InChI=1S/C11H15BrFN/c1-3-6-14(2)8-9-4-5-10(13)7-11(9)12/h4-5,7H,3,6,8H2,1-2H3. The average Bonchev–Trinajstić information content (AvgIpc) is 2.10. The van der Waals surface area contributed by atoms with E-state index in [0.717, 1.165) is 29.5 Å². The van der Waals surface area contributed by atoms with Gasteiger partial charge in [0.25, 0.3) is 0 Å². The van der Waals surface area contributed by atoms with Crippen LogP contribution in [0.1, 0.15) is 18.9 Å². The van der Waals surface area contributed by atoms with Crippen LogP contribution in [-0.2, 0) is 6.54 Å². The van der Waals surface area contributed by atoms with Crippen molar-refractivity contribution in [2.45, 2.75) is 19.9 Å². The van der Waals surface area contributed by atoms with E-state index in [-0.39, 0.29) is 5.82 Å². The lowest BCUT2D eigenvalue weighted by Crippen LogP contribution is -2.18. The third kappa shape index (κ3) is 3.39. The van der Waals surface area contributed by atoms with Gasteiger partial charge in [0, 0.05) is 11.0 Å². The monoisotopic (exact) mass is 259 g/mol. The zero-order valence-electron chi connectivity index (χ0n) is 8.56. The molecule has 78 valence electrons. The Bertz CT molecular complexity index is 301. The molecule has 0 unspecified atom stereocenters. The summed E-state index contributed by atoms with van der Waals surface area (Å²) in [7, 11) is 2.07. The molecule has 0 heterocycles. The SMILES string of the molecule is CCCN(C)Cc1ccc(F)cc1Br. The van der Waals surface area contributed by atoms with Crippen molar-refractivity contribution in [3.8, 4) is 0 Å². The van der Waals surface area contributed by atoms with E-state index in [4.69, 9.17) is 0 Å². The van der Waals surface area contributed by atoms with Gasteiger partial charge < -0.3 is 4.90 Å². The Balaban J connectivity index is 2.67. The van der Waals surface area contributed by atoms with E-state index >= 15 is 0 Å². The Morgan fingerprint density at radius 2 is 2.14 bits per heavy atom. The van der Waals surface area contributed by atoms with Gasteiger partial charge in [-0.05, 0) is 37.7 Å². The van der Waals surface area contributed by atoms with Crippen LogP contribution >= 0.6 is 15.9 Å². The molecule has 1 nitrogen and oxygen atoms in total. The molecule has 0 aliphatic rings. The number of hydrogen-bond donors (Lipinski definition) is 0. The van der Waals surface area contributed by atoms with Crippen molar-refractivity contribution in [2.75, 3.05) is 13.6 Å². The van der Waals surface area contributed by atoms with Crippen LogP contribution in [-0.4, -0.2) is 18.5 Å². The van der Waals surface area contributed by atoms with Gasteiger partial charge in [-0.15, -0.1) is 0 Å². The van der Waals surface area contributed by atoms with Gasteiger partial charge >= 0.3 is 0 Å². The summed E-state index contributed by atoms with van der Waals surface area (Å²) >= 11 is 3.36. The molecule has 0 saturated carbocycles. The van der Waals surface area contributed by atoms with E-state index in [2.05, 4.69) is 34.8 Å². The van der Waals surface area contributed by atoms with E-state index < -0.39 is 0 Å². The van der Waals surface area contributed by atoms with Crippen LogP contribution in [0.15, 0.2) is 22.7 Å². The molecule has 0 bridgehead atoms. The van der Waals surface area contributed by atoms with Crippen LogP contribution in [0.2, 0.25) is 0 Å². The predicted molar refractivity (Wildman–Crippen MR) is 60.7 cm³/mol. The molecule has 0 aliphatic carbocycles. The molecule has 0 fully saturated rings. The first-order valence-corrected chi connectivity index (χ1v) is 5.55. The van der Waals surface area contributed by atoms with Gasteiger partial charge in [0.2, 0.25) is 0 Å². The molecule has 1 aromatic rings. The fraction of sp³-hybridized carbons (Fsp3) is 0.455. The fourth-order valence-corrected chi connectivity index (χ4v) is 1.88. The van der Waals surface area contributed by atoms with Crippen molar-refractivity contribution >= 4 is 15.9 Å². The van der Waals surface area contributed by atoms with Gasteiger partial charge in [-0.2, -0.15) is 0 Å². The van der Waals surface area contributed by atoms with Gasteiger partial charge in [-0.25, -0.2) is 4.39 Å². The van der Waals surface area contributed by atoms with Crippen LogP contribution in [0.5, 0.6) is 0 Å². The summed E-state index contributed by atoms with van der Waals surface area (Å²) in [5.41, 5.74) is 1.13. The van der Waals surface area contributed by atoms with Crippen molar-refractivity contribution in [3.63, 3.8) is 0 Å². The molecule has 0 aromatic heterocycles. The second-order valence-corrected chi connectivity index (χ2v) is 4.33. The van der Waals surface area contributed by atoms with Gasteiger partial charge in [-0.3, -0.25) is 0 Å². The van der Waals surface area contributed by atoms with Crippen molar-refractivity contribution < 1.29 is 4.39 Å². The van der Waals surface area contributed by atoms with Crippen LogP contribution in [0.25, 0.3) is 0 Å². The second kappa shape index (κ2) is 5.47. The third-order valence-corrected chi connectivity index (χ3v) is 2.80. The van der Waals surface area contributed by atoms with Gasteiger partial charge in [0.05, 0.1) is 0 Å². The zero-order chi connectivity index (χ0) is 10.6. The quantitative estimate of drug-likeness (QED) is 0.801. The Hall–Kier alpha value is -0.410. The minimum atomic E-state index is -0.196. The van der Waals surface area contributed by atoms with Crippen LogP contribution in [0.3, 0.4) is 0 Å². The molecular formula is C11H15BrFN. The topological polar surface area (TPSA) is 3.24 Å². The molecule has 0 spiro atoms. The first kappa shape index (κ1) is 11.7. The first-order chi connectivity index (χ1) is 6.63. The Labute approximate surface area is 93.0 Å². The molecule has 0 aliphatic heterocycles. The normalized spacial score (nSPS) is 10.9. The Morgan fingerprint density at radius 3 is 2.71 bits per heavy atom. The summed E-state index contributed by atoms with van der Waals surface area (Å²) in [5.74, 6) is -0.196. The summed E-state index contributed by atoms with van der Waals surface area (Å²) in [4.78, 5) is 2.22. The number of halogens is 2. The highest BCUT2D eigenvalue weighted by Gasteiger charge is 2.04. The van der Waals surface area contributed by atoms with E-state index in [0.29, 0.717) is 0 Å². The first-order valence-electron chi connectivity index (χ1n) is 4.76. The number of rotatable bonds is 4. The molecule has 1 aromatic carbocycles. The molecule has 0 N–H and O–H groups in total. The highest BCUT2D eigenvalue weighted by molar-refractivity contribution is 9.10. The molecule has 1 rings (SSSR count). The summed E-state index contributed by atoms with van der Waals surface area (Å²) in [6.45, 7) is 4.06. The van der Waals surface area contributed by atoms with E-state index in [1.54, 1.807) is 0 Å². The number of benzene rings is 1. The molecule has 0 amide bonds. The molecule has 0 saturated heterocycles. The maximum Gasteiger partial charge on any atom is 0.124 e. The summed E-state index contributed by atoms with van der Waals surface area (Å²) in [5, 5.41) is 0. The molecular weight excluding hydrogens is 245 g/mol. The van der Waals surface area contributed by atoms with Crippen molar-refractivity contribution in [1.29, 1.82) is 0 Å².